The maximum absolute atomic E-state index is 12.1. The van der Waals surface area contributed by atoms with Crippen LogP contribution in [0.3, 0.4) is 0 Å². The van der Waals surface area contributed by atoms with Crippen LogP contribution in [0.1, 0.15) is 37.7 Å². The normalized spacial score (nSPS) is 18.3. The minimum absolute atomic E-state index is 0.0486. The summed E-state index contributed by atoms with van der Waals surface area (Å²) >= 11 is 0. The summed E-state index contributed by atoms with van der Waals surface area (Å²) in [7, 11) is 0. The first-order valence-corrected chi connectivity index (χ1v) is 10.2. The zero-order valence-corrected chi connectivity index (χ0v) is 16.4. The first kappa shape index (κ1) is 20.3. The van der Waals surface area contributed by atoms with Crippen molar-refractivity contribution >= 4 is 17.7 Å². The molecule has 0 unspecified atom stereocenters. The van der Waals surface area contributed by atoms with E-state index in [0.717, 1.165) is 45.4 Å². The number of hydrogen-bond donors (Lipinski definition) is 2. The van der Waals surface area contributed by atoms with Gasteiger partial charge in [0.05, 0.1) is 0 Å². The van der Waals surface area contributed by atoms with E-state index in [4.69, 9.17) is 0 Å². The summed E-state index contributed by atoms with van der Waals surface area (Å²) in [5, 5.41) is 5.50. The molecule has 7 heteroatoms. The van der Waals surface area contributed by atoms with Gasteiger partial charge in [0.2, 0.25) is 5.91 Å². The van der Waals surface area contributed by atoms with Gasteiger partial charge in [-0.25, -0.2) is 0 Å². The van der Waals surface area contributed by atoms with Crippen LogP contribution in [0, 0.1) is 0 Å². The van der Waals surface area contributed by atoms with Gasteiger partial charge >= 0.3 is 11.8 Å². The first-order chi connectivity index (χ1) is 13.6. The molecule has 0 radical (unpaired) electrons. The second kappa shape index (κ2) is 10.2. The van der Waals surface area contributed by atoms with Crippen LogP contribution in [0.25, 0.3) is 0 Å². The Morgan fingerprint density at radius 2 is 1.79 bits per heavy atom. The predicted molar refractivity (Wildman–Crippen MR) is 106 cm³/mol. The van der Waals surface area contributed by atoms with Crippen LogP contribution in [0.4, 0.5) is 0 Å². The minimum atomic E-state index is -0.584. The smallest absolute Gasteiger partial charge is 0.309 e. The van der Waals surface area contributed by atoms with Gasteiger partial charge in [0.1, 0.15) is 0 Å². The van der Waals surface area contributed by atoms with Crippen LogP contribution >= 0.6 is 0 Å². The van der Waals surface area contributed by atoms with E-state index in [9.17, 15) is 14.4 Å². The number of nitrogens with zero attached hydrogens (tertiary/aromatic N) is 2. The van der Waals surface area contributed by atoms with Crippen molar-refractivity contribution < 1.29 is 14.4 Å². The lowest BCUT2D eigenvalue weighted by atomic mass is 10.0. The Morgan fingerprint density at radius 1 is 1.04 bits per heavy atom. The van der Waals surface area contributed by atoms with E-state index < -0.39 is 11.8 Å². The molecule has 3 amide bonds. The molecule has 3 rings (SSSR count). The Morgan fingerprint density at radius 3 is 2.46 bits per heavy atom. The molecule has 0 aliphatic carbocycles. The lowest BCUT2D eigenvalue weighted by Gasteiger charge is -2.32. The molecule has 1 aromatic carbocycles. The third-order valence-corrected chi connectivity index (χ3v) is 5.44. The van der Waals surface area contributed by atoms with Gasteiger partial charge in [-0.3, -0.25) is 19.3 Å². The van der Waals surface area contributed by atoms with Crippen molar-refractivity contribution in [3.05, 3.63) is 35.9 Å². The number of nitrogens with one attached hydrogen (secondary N) is 2. The van der Waals surface area contributed by atoms with Crippen LogP contribution in [0.5, 0.6) is 0 Å². The highest BCUT2D eigenvalue weighted by Gasteiger charge is 2.23. The van der Waals surface area contributed by atoms with Crippen LogP contribution < -0.4 is 10.6 Å². The lowest BCUT2D eigenvalue weighted by molar-refractivity contribution is -0.139. The fourth-order valence-electron chi connectivity index (χ4n) is 3.82. The molecule has 1 aromatic rings. The molecule has 2 heterocycles. The van der Waals surface area contributed by atoms with Crippen molar-refractivity contribution in [2.45, 2.75) is 44.7 Å². The van der Waals surface area contributed by atoms with E-state index >= 15 is 0 Å². The number of hydrogen-bond acceptors (Lipinski definition) is 4. The zero-order chi connectivity index (χ0) is 19.8. The Balaban J connectivity index is 1.29. The maximum atomic E-state index is 12.1. The quantitative estimate of drug-likeness (QED) is 0.539. The second-order valence-electron chi connectivity index (χ2n) is 7.60. The standard InChI is InChI=1S/C21H30N4O3/c26-19-8-4-12-25(19)13-5-11-22-20(27)21(28)23-18-9-14-24(15-10-18)16-17-6-2-1-3-7-17/h1-3,6-7,18H,4-5,8-16H2,(H,22,27)(H,23,28). The third-order valence-electron chi connectivity index (χ3n) is 5.44. The summed E-state index contributed by atoms with van der Waals surface area (Å²) in [6.07, 6.45) is 3.91. The molecule has 0 saturated carbocycles. The van der Waals surface area contributed by atoms with Gasteiger partial charge in [0, 0.05) is 51.7 Å². The van der Waals surface area contributed by atoms with Crippen molar-refractivity contribution in [3.8, 4) is 0 Å². The Kier molecular flexibility index (Phi) is 7.42. The molecule has 0 aromatic heterocycles. The zero-order valence-electron chi connectivity index (χ0n) is 16.4. The van der Waals surface area contributed by atoms with Gasteiger partial charge in [0.25, 0.3) is 0 Å². The van der Waals surface area contributed by atoms with Crippen LogP contribution in [-0.2, 0) is 20.9 Å². The Labute approximate surface area is 166 Å². The number of amides is 3. The molecule has 0 spiro atoms. The minimum Gasteiger partial charge on any atom is -0.348 e. The van der Waals surface area contributed by atoms with E-state index in [0.29, 0.717) is 25.9 Å². The molecule has 2 N–H and O–H groups in total. The Bertz CT molecular complexity index is 671. The van der Waals surface area contributed by atoms with Crippen LogP contribution in [0.2, 0.25) is 0 Å². The maximum Gasteiger partial charge on any atom is 0.309 e. The number of carbonyl (C=O) groups is 3. The number of piperidine rings is 1. The molecule has 2 saturated heterocycles. The summed E-state index contributed by atoms with van der Waals surface area (Å²) in [4.78, 5) is 39.8. The lowest BCUT2D eigenvalue weighted by Crippen LogP contribution is -2.49. The van der Waals surface area contributed by atoms with Crippen molar-refractivity contribution in [1.29, 1.82) is 0 Å². The highest BCUT2D eigenvalue weighted by Crippen LogP contribution is 2.14. The molecule has 2 fully saturated rings. The van der Waals surface area contributed by atoms with Crippen molar-refractivity contribution in [3.63, 3.8) is 0 Å². The number of likely N-dealkylation sites (tertiary alicyclic amines) is 2. The van der Waals surface area contributed by atoms with Crippen LogP contribution in [0.15, 0.2) is 30.3 Å². The molecule has 2 aliphatic heterocycles. The topological polar surface area (TPSA) is 81.8 Å². The van der Waals surface area contributed by atoms with Gasteiger partial charge < -0.3 is 15.5 Å². The fourth-order valence-corrected chi connectivity index (χ4v) is 3.82. The van der Waals surface area contributed by atoms with E-state index in [1.165, 1.54) is 5.56 Å². The summed E-state index contributed by atoms with van der Waals surface area (Å²) in [6, 6.07) is 10.4. The molecule has 152 valence electrons. The molecular weight excluding hydrogens is 356 g/mol. The number of benzene rings is 1. The van der Waals surface area contributed by atoms with E-state index in [2.05, 4.69) is 27.7 Å². The van der Waals surface area contributed by atoms with Crippen molar-refractivity contribution in [2.24, 2.45) is 0 Å². The third kappa shape index (κ3) is 6.05. The predicted octanol–water partition coefficient (Wildman–Crippen LogP) is 0.896. The van der Waals surface area contributed by atoms with Crippen molar-refractivity contribution in [1.82, 2.24) is 20.4 Å². The fraction of sp³-hybridized carbons (Fsp3) is 0.571. The summed E-state index contributed by atoms with van der Waals surface area (Å²) in [5.74, 6) is -0.958. The highest BCUT2D eigenvalue weighted by molar-refractivity contribution is 6.35. The van der Waals surface area contributed by atoms with Gasteiger partial charge in [-0.05, 0) is 31.2 Å². The van der Waals surface area contributed by atoms with Crippen LogP contribution in [-0.4, -0.2) is 66.3 Å². The van der Waals surface area contributed by atoms with Crippen molar-refractivity contribution in [2.75, 3.05) is 32.7 Å². The van der Waals surface area contributed by atoms with Gasteiger partial charge in [-0.1, -0.05) is 30.3 Å². The molecule has 28 heavy (non-hydrogen) atoms. The van der Waals surface area contributed by atoms with E-state index in [-0.39, 0.29) is 11.9 Å². The monoisotopic (exact) mass is 386 g/mol. The van der Waals surface area contributed by atoms with Gasteiger partial charge in [-0.15, -0.1) is 0 Å². The molecule has 2 aliphatic rings. The largest absolute Gasteiger partial charge is 0.348 e. The van der Waals surface area contributed by atoms with E-state index in [1.807, 2.05) is 23.1 Å². The average molecular weight is 386 g/mol. The number of carbonyl (C=O) groups excluding carboxylic acids is 3. The average Bonchev–Trinajstić information content (AvgIpc) is 3.12. The molecular formula is C21H30N4O3. The second-order valence-corrected chi connectivity index (χ2v) is 7.60. The van der Waals surface area contributed by atoms with Gasteiger partial charge in [-0.2, -0.15) is 0 Å². The first-order valence-electron chi connectivity index (χ1n) is 10.2. The molecule has 0 atom stereocenters. The molecule has 7 nitrogen and oxygen atoms in total. The summed E-state index contributed by atoms with van der Waals surface area (Å²) in [6.45, 7) is 4.58. The number of rotatable bonds is 7. The van der Waals surface area contributed by atoms with E-state index in [1.54, 1.807) is 0 Å². The SMILES string of the molecule is O=C(NCCCN1CCCC1=O)C(=O)NC1CCN(Cc2ccccc2)CC1. The molecule has 0 bridgehead atoms. The summed E-state index contributed by atoms with van der Waals surface area (Å²) in [5.41, 5.74) is 1.29. The summed E-state index contributed by atoms with van der Waals surface area (Å²) < 4.78 is 0. The highest BCUT2D eigenvalue weighted by atomic mass is 16.2. The van der Waals surface area contributed by atoms with Gasteiger partial charge in [0.15, 0.2) is 0 Å². The Hall–Kier alpha value is -2.41.